The molecule has 1 unspecified atom stereocenters. The molecular weight excluding hydrogens is 406 g/mol. The van der Waals surface area contributed by atoms with Crippen LogP contribution in [0.25, 0.3) is 0 Å². The summed E-state index contributed by atoms with van der Waals surface area (Å²) in [7, 11) is 2.05. The molecule has 1 saturated heterocycles. The van der Waals surface area contributed by atoms with Crippen LogP contribution in [0.4, 0.5) is 11.6 Å². The predicted molar refractivity (Wildman–Crippen MR) is 109 cm³/mol. The minimum Gasteiger partial charge on any atom is -0.383 e. The molecule has 140 valence electrons. The highest BCUT2D eigenvalue weighted by Crippen LogP contribution is 2.31. The van der Waals surface area contributed by atoms with E-state index in [1.807, 2.05) is 18.5 Å². The number of benzene rings is 1. The van der Waals surface area contributed by atoms with Crippen LogP contribution in [0.1, 0.15) is 17.4 Å². The number of aryl methyl sites for hydroxylation is 1. The van der Waals surface area contributed by atoms with Crippen molar-refractivity contribution < 1.29 is 0 Å². The van der Waals surface area contributed by atoms with Crippen LogP contribution in [0.2, 0.25) is 0 Å². The molecule has 3 aromatic rings. The van der Waals surface area contributed by atoms with E-state index in [0.717, 1.165) is 42.3 Å². The summed E-state index contributed by atoms with van der Waals surface area (Å²) in [4.78, 5) is 17.8. The second-order valence-corrected chi connectivity index (χ2v) is 7.42. The summed E-state index contributed by atoms with van der Waals surface area (Å²) >= 11 is 3.52. The number of nitrogens with zero attached hydrogens (tertiary/aromatic N) is 6. The average molecular weight is 428 g/mol. The molecule has 27 heavy (non-hydrogen) atoms. The second kappa shape index (κ2) is 7.66. The first kappa shape index (κ1) is 17.9. The van der Waals surface area contributed by atoms with Crippen molar-refractivity contribution >= 4 is 27.6 Å². The number of piperazine rings is 1. The number of hydrogen-bond donors (Lipinski definition) is 1. The van der Waals surface area contributed by atoms with Gasteiger partial charge in [0.2, 0.25) is 0 Å². The van der Waals surface area contributed by atoms with Gasteiger partial charge < -0.3 is 15.2 Å². The maximum atomic E-state index is 5.91. The van der Waals surface area contributed by atoms with E-state index in [4.69, 9.17) is 5.73 Å². The van der Waals surface area contributed by atoms with Gasteiger partial charge in [0.05, 0.1) is 6.04 Å². The zero-order chi connectivity index (χ0) is 18.8. The van der Waals surface area contributed by atoms with Gasteiger partial charge in [0, 0.05) is 45.6 Å². The lowest BCUT2D eigenvalue weighted by Gasteiger charge is -2.39. The first-order valence-corrected chi connectivity index (χ1v) is 9.71. The predicted octanol–water partition coefficient (Wildman–Crippen LogP) is 2.47. The van der Waals surface area contributed by atoms with E-state index in [0.29, 0.717) is 5.82 Å². The average Bonchev–Trinajstić information content (AvgIpc) is 3.11. The third kappa shape index (κ3) is 3.54. The fourth-order valence-corrected chi connectivity index (χ4v) is 4.04. The molecule has 0 amide bonds. The zero-order valence-electron chi connectivity index (χ0n) is 15.2. The highest BCUT2D eigenvalue weighted by atomic mass is 79.9. The molecule has 0 spiro atoms. The summed E-state index contributed by atoms with van der Waals surface area (Å²) in [5.74, 6) is 2.38. The van der Waals surface area contributed by atoms with Crippen molar-refractivity contribution in [1.29, 1.82) is 0 Å². The minimum absolute atomic E-state index is 0.132. The summed E-state index contributed by atoms with van der Waals surface area (Å²) < 4.78 is 2.87. The van der Waals surface area contributed by atoms with Crippen LogP contribution in [0, 0.1) is 0 Å². The molecule has 0 radical (unpaired) electrons. The molecule has 2 aromatic heterocycles. The summed E-state index contributed by atoms with van der Waals surface area (Å²) in [6, 6.07) is 10.7. The quantitative estimate of drug-likeness (QED) is 0.688. The Morgan fingerprint density at radius 3 is 2.44 bits per heavy atom. The van der Waals surface area contributed by atoms with Crippen molar-refractivity contribution in [2.45, 2.75) is 6.04 Å². The molecule has 3 heterocycles. The van der Waals surface area contributed by atoms with Gasteiger partial charge in [-0.3, -0.25) is 4.90 Å². The van der Waals surface area contributed by atoms with E-state index >= 15 is 0 Å². The Labute approximate surface area is 167 Å². The molecule has 1 aliphatic rings. The number of nitrogen functional groups attached to an aromatic ring is 1. The number of anilines is 2. The minimum atomic E-state index is 0.132. The molecular formula is C19H22BrN7. The van der Waals surface area contributed by atoms with Crippen LogP contribution in [-0.4, -0.2) is 50.6 Å². The van der Waals surface area contributed by atoms with Gasteiger partial charge in [-0.25, -0.2) is 15.0 Å². The number of halogens is 1. The second-order valence-electron chi connectivity index (χ2n) is 6.63. The third-order valence-electron chi connectivity index (χ3n) is 5.00. The normalized spacial score (nSPS) is 16.4. The maximum Gasteiger partial charge on any atom is 0.148 e. The van der Waals surface area contributed by atoms with Crippen LogP contribution in [-0.2, 0) is 7.05 Å². The first-order valence-electron chi connectivity index (χ1n) is 8.92. The highest BCUT2D eigenvalue weighted by Gasteiger charge is 2.29. The molecule has 0 aliphatic carbocycles. The van der Waals surface area contributed by atoms with Crippen LogP contribution < -0.4 is 10.6 Å². The summed E-state index contributed by atoms with van der Waals surface area (Å²) in [6.45, 7) is 3.54. The molecule has 1 atom stereocenters. The van der Waals surface area contributed by atoms with Gasteiger partial charge >= 0.3 is 0 Å². The third-order valence-corrected chi connectivity index (χ3v) is 5.76. The van der Waals surface area contributed by atoms with E-state index < -0.39 is 0 Å². The summed E-state index contributed by atoms with van der Waals surface area (Å²) in [6.07, 6.45) is 5.38. The number of nitrogens with two attached hydrogens (primary N) is 1. The maximum absolute atomic E-state index is 5.91. The van der Waals surface area contributed by atoms with Gasteiger partial charge in [0.1, 0.15) is 28.3 Å². The Balaban J connectivity index is 1.57. The van der Waals surface area contributed by atoms with E-state index in [-0.39, 0.29) is 6.04 Å². The molecule has 1 aliphatic heterocycles. The number of hydrogen-bond acceptors (Lipinski definition) is 6. The van der Waals surface area contributed by atoms with Gasteiger partial charge in [-0.05, 0) is 21.5 Å². The Bertz CT molecular complexity index is 903. The van der Waals surface area contributed by atoms with E-state index in [9.17, 15) is 0 Å². The molecule has 4 rings (SSSR count). The summed E-state index contributed by atoms with van der Waals surface area (Å²) in [5, 5.41) is 0. The number of aromatic nitrogens is 4. The molecule has 8 heteroatoms. The highest BCUT2D eigenvalue weighted by molar-refractivity contribution is 9.10. The van der Waals surface area contributed by atoms with Gasteiger partial charge in [-0.15, -0.1) is 0 Å². The van der Waals surface area contributed by atoms with Crippen LogP contribution in [0.15, 0.2) is 53.5 Å². The van der Waals surface area contributed by atoms with E-state index in [1.165, 1.54) is 11.9 Å². The number of imidazole rings is 1. The molecule has 0 bridgehead atoms. The van der Waals surface area contributed by atoms with Crippen molar-refractivity contribution in [2.75, 3.05) is 36.8 Å². The van der Waals surface area contributed by atoms with Crippen LogP contribution >= 0.6 is 15.9 Å². The molecule has 1 fully saturated rings. The van der Waals surface area contributed by atoms with Crippen LogP contribution in [0.5, 0.6) is 0 Å². The number of rotatable bonds is 4. The molecule has 0 saturated carbocycles. The van der Waals surface area contributed by atoms with Crippen molar-refractivity contribution in [3.05, 3.63) is 64.9 Å². The Morgan fingerprint density at radius 2 is 1.78 bits per heavy atom. The smallest absolute Gasteiger partial charge is 0.148 e. The van der Waals surface area contributed by atoms with Crippen molar-refractivity contribution in [1.82, 2.24) is 24.4 Å². The fourth-order valence-electron chi connectivity index (χ4n) is 3.59. The van der Waals surface area contributed by atoms with Gasteiger partial charge in [0.15, 0.2) is 0 Å². The lowest BCUT2D eigenvalue weighted by molar-refractivity contribution is 0.203. The summed E-state index contributed by atoms with van der Waals surface area (Å²) in [5.41, 5.74) is 7.17. The molecule has 7 nitrogen and oxygen atoms in total. The van der Waals surface area contributed by atoms with Crippen molar-refractivity contribution in [3.8, 4) is 0 Å². The van der Waals surface area contributed by atoms with E-state index in [1.54, 1.807) is 0 Å². The topological polar surface area (TPSA) is 76.1 Å². The van der Waals surface area contributed by atoms with Crippen LogP contribution in [0.3, 0.4) is 0 Å². The molecule has 1 aromatic carbocycles. The standard InChI is InChI=1S/C19H22BrN7/c1-25-8-7-22-19(25)16(14-5-3-2-4-6-14)26-9-11-27(12-10-26)18-15(20)17(21)23-13-24-18/h2-8,13,16H,9-12H2,1H3,(H2,21,23,24). The van der Waals surface area contributed by atoms with E-state index in [2.05, 4.69) is 76.6 Å². The van der Waals surface area contributed by atoms with Gasteiger partial charge in [0.25, 0.3) is 0 Å². The fraction of sp³-hybridized carbons (Fsp3) is 0.316. The lowest BCUT2D eigenvalue weighted by Crippen LogP contribution is -2.48. The largest absolute Gasteiger partial charge is 0.383 e. The van der Waals surface area contributed by atoms with Gasteiger partial charge in [-0.1, -0.05) is 30.3 Å². The lowest BCUT2D eigenvalue weighted by atomic mass is 10.0. The Kier molecular flexibility index (Phi) is 5.09. The monoisotopic (exact) mass is 427 g/mol. The Hall–Kier alpha value is -2.45. The van der Waals surface area contributed by atoms with Gasteiger partial charge in [-0.2, -0.15) is 0 Å². The zero-order valence-corrected chi connectivity index (χ0v) is 16.7. The Morgan fingerprint density at radius 1 is 1.04 bits per heavy atom. The molecule has 2 N–H and O–H groups in total. The SMILES string of the molecule is Cn1ccnc1C(c1ccccc1)N1CCN(c2ncnc(N)c2Br)CC1. The first-order chi connectivity index (χ1) is 13.1. The van der Waals surface area contributed by atoms with Crippen molar-refractivity contribution in [3.63, 3.8) is 0 Å². The van der Waals surface area contributed by atoms with Crippen molar-refractivity contribution in [2.24, 2.45) is 7.05 Å².